The van der Waals surface area contributed by atoms with Crippen LogP contribution in [0.1, 0.15) is 12.8 Å². The molecular formula is C14H18ClN3O2S2. The van der Waals surface area contributed by atoms with E-state index in [4.69, 9.17) is 11.6 Å². The summed E-state index contributed by atoms with van der Waals surface area (Å²) in [5.41, 5.74) is 0.958. The minimum absolute atomic E-state index is 0.0788. The van der Waals surface area contributed by atoms with Crippen LogP contribution in [0, 0.1) is 0 Å². The smallest absolute Gasteiger partial charge is 0.211 e. The Morgan fingerprint density at radius 2 is 2.05 bits per heavy atom. The lowest BCUT2D eigenvalue weighted by Gasteiger charge is -2.35. The molecule has 0 spiro atoms. The largest absolute Gasteiger partial charge is 0.348 e. The van der Waals surface area contributed by atoms with Crippen LogP contribution < -0.4 is 4.90 Å². The number of sulfonamides is 1. The molecule has 1 aromatic heterocycles. The van der Waals surface area contributed by atoms with Crippen molar-refractivity contribution in [3.63, 3.8) is 0 Å². The molecule has 0 amide bonds. The number of anilines is 1. The third-order valence-electron chi connectivity index (χ3n) is 4.11. The van der Waals surface area contributed by atoms with Crippen molar-refractivity contribution in [2.75, 3.05) is 31.3 Å². The summed E-state index contributed by atoms with van der Waals surface area (Å²) in [4.78, 5) is 6.88. The van der Waals surface area contributed by atoms with Crippen LogP contribution in [0.15, 0.2) is 18.2 Å². The van der Waals surface area contributed by atoms with E-state index in [1.54, 1.807) is 18.4 Å². The second-order valence-corrected chi connectivity index (χ2v) is 9.09. The second-order valence-electron chi connectivity index (χ2n) is 5.61. The molecule has 0 atom stereocenters. The lowest BCUT2D eigenvalue weighted by atomic mass is 10.1. The molecule has 0 aliphatic carbocycles. The molecule has 22 heavy (non-hydrogen) atoms. The molecule has 0 bridgehead atoms. The Labute approximate surface area is 139 Å². The van der Waals surface area contributed by atoms with Gasteiger partial charge in [0.15, 0.2) is 5.13 Å². The molecule has 1 fully saturated rings. The van der Waals surface area contributed by atoms with Gasteiger partial charge in [0.25, 0.3) is 0 Å². The zero-order chi connectivity index (χ0) is 15.9. The van der Waals surface area contributed by atoms with E-state index >= 15 is 0 Å². The maximum Gasteiger partial charge on any atom is 0.211 e. The van der Waals surface area contributed by atoms with Gasteiger partial charge < -0.3 is 4.90 Å². The summed E-state index contributed by atoms with van der Waals surface area (Å²) < 4.78 is 25.8. The van der Waals surface area contributed by atoms with Crippen LogP contribution in [0.5, 0.6) is 0 Å². The van der Waals surface area contributed by atoms with E-state index in [2.05, 4.69) is 9.88 Å². The Balaban J connectivity index is 1.72. The molecule has 1 saturated heterocycles. The molecule has 0 radical (unpaired) electrons. The first-order valence-electron chi connectivity index (χ1n) is 7.08. The van der Waals surface area contributed by atoms with Crippen molar-refractivity contribution in [1.82, 2.24) is 9.29 Å². The number of hydrogen-bond acceptors (Lipinski definition) is 5. The molecule has 8 heteroatoms. The number of thiazole rings is 1. The number of benzene rings is 1. The Morgan fingerprint density at radius 1 is 1.36 bits per heavy atom. The molecule has 0 unspecified atom stereocenters. The fourth-order valence-corrected chi connectivity index (χ4v) is 4.76. The maximum atomic E-state index is 11.6. The number of piperidine rings is 1. The Hall–Kier alpha value is -0.890. The minimum Gasteiger partial charge on any atom is -0.348 e. The molecule has 5 nitrogen and oxygen atoms in total. The van der Waals surface area contributed by atoms with Gasteiger partial charge in [-0.1, -0.05) is 22.9 Å². The highest BCUT2D eigenvalue weighted by Gasteiger charge is 2.28. The third kappa shape index (κ3) is 3.22. The van der Waals surface area contributed by atoms with Crippen LogP contribution >= 0.6 is 22.9 Å². The summed E-state index contributed by atoms with van der Waals surface area (Å²) in [5.74, 6) is 0. The van der Waals surface area contributed by atoms with Gasteiger partial charge in [-0.15, -0.1) is 0 Å². The standard InChI is InChI=1S/C14H18ClN3O2S2/c1-17(22(2,19)20)11-5-7-18(8-6-11)14-16-12-4-3-10(15)9-13(12)21-14/h3-4,9,11H,5-8H2,1-2H3. The second kappa shape index (κ2) is 5.96. The predicted molar refractivity (Wildman–Crippen MR) is 92.5 cm³/mol. The highest BCUT2D eigenvalue weighted by Crippen LogP contribution is 2.32. The first-order valence-corrected chi connectivity index (χ1v) is 10.1. The quantitative estimate of drug-likeness (QED) is 0.845. The fraction of sp³-hybridized carbons (Fsp3) is 0.500. The zero-order valence-electron chi connectivity index (χ0n) is 12.5. The topological polar surface area (TPSA) is 53.5 Å². The Bertz CT molecular complexity index is 782. The molecule has 1 aromatic carbocycles. The maximum absolute atomic E-state index is 11.6. The van der Waals surface area contributed by atoms with Crippen molar-refractivity contribution < 1.29 is 8.42 Å². The van der Waals surface area contributed by atoms with Gasteiger partial charge in [-0.25, -0.2) is 17.7 Å². The molecule has 120 valence electrons. The van der Waals surface area contributed by atoms with E-state index < -0.39 is 10.0 Å². The van der Waals surface area contributed by atoms with Gasteiger partial charge >= 0.3 is 0 Å². The summed E-state index contributed by atoms with van der Waals surface area (Å²) in [5, 5.41) is 1.70. The lowest BCUT2D eigenvalue weighted by Crippen LogP contribution is -2.45. The van der Waals surface area contributed by atoms with Gasteiger partial charge in [-0.3, -0.25) is 0 Å². The van der Waals surface area contributed by atoms with Crippen LogP contribution in [0.4, 0.5) is 5.13 Å². The number of nitrogens with zero attached hydrogens (tertiary/aromatic N) is 3. The van der Waals surface area contributed by atoms with Gasteiger partial charge in [-0.05, 0) is 31.0 Å². The average molecular weight is 360 g/mol. The summed E-state index contributed by atoms with van der Waals surface area (Å²) in [6, 6.07) is 5.79. The van der Waals surface area contributed by atoms with E-state index in [1.165, 1.54) is 10.6 Å². The Kier molecular flexibility index (Phi) is 4.33. The number of halogens is 1. The summed E-state index contributed by atoms with van der Waals surface area (Å²) >= 11 is 7.64. The number of hydrogen-bond donors (Lipinski definition) is 0. The highest BCUT2D eigenvalue weighted by atomic mass is 35.5. The van der Waals surface area contributed by atoms with E-state index in [0.717, 1.165) is 46.3 Å². The summed E-state index contributed by atoms with van der Waals surface area (Å²) in [7, 11) is -1.46. The Morgan fingerprint density at radius 3 is 2.68 bits per heavy atom. The molecule has 3 rings (SSSR count). The molecule has 1 aliphatic rings. The van der Waals surface area contributed by atoms with Crippen LogP contribution in [-0.2, 0) is 10.0 Å². The van der Waals surface area contributed by atoms with Gasteiger partial charge in [0.1, 0.15) is 0 Å². The first kappa shape index (κ1) is 16.0. The lowest BCUT2D eigenvalue weighted by molar-refractivity contribution is 0.314. The van der Waals surface area contributed by atoms with Crippen LogP contribution in [0.2, 0.25) is 5.02 Å². The molecule has 2 heterocycles. The monoisotopic (exact) mass is 359 g/mol. The van der Waals surface area contributed by atoms with Crippen LogP contribution in [0.3, 0.4) is 0 Å². The normalized spacial score (nSPS) is 17.5. The minimum atomic E-state index is -3.12. The molecular weight excluding hydrogens is 342 g/mol. The third-order valence-corrected chi connectivity index (χ3v) is 6.77. The first-order chi connectivity index (χ1) is 10.3. The van der Waals surface area contributed by atoms with E-state index in [9.17, 15) is 8.42 Å². The van der Waals surface area contributed by atoms with Crippen LogP contribution in [-0.4, -0.2) is 50.1 Å². The van der Waals surface area contributed by atoms with E-state index in [-0.39, 0.29) is 6.04 Å². The molecule has 1 aliphatic heterocycles. The van der Waals surface area contributed by atoms with E-state index in [0.29, 0.717) is 0 Å². The van der Waals surface area contributed by atoms with Gasteiger partial charge in [-0.2, -0.15) is 0 Å². The van der Waals surface area contributed by atoms with Crippen molar-refractivity contribution in [3.8, 4) is 0 Å². The fourth-order valence-electron chi connectivity index (χ4n) is 2.71. The van der Waals surface area contributed by atoms with Crippen molar-refractivity contribution in [3.05, 3.63) is 23.2 Å². The number of rotatable bonds is 3. The zero-order valence-corrected chi connectivity index (χ0v) is 14.9. The van der Waals surface area contributed by atoms with Crippen molar-refractivity contribution in [1.29, 1.82) is 0 Å². The van der Waals surface area contributed by atoms with Gasteiger partial charge in [0.05, 0.1) is 16.5 Å². The van der Waals surface area contributed by atoms with Gasteiger partial charge in [0, 0.05) is 31.2 Å². The molecule has 0 saturated carbocycles. The number of aromatic nitrogens is 1. The SMILES string of the molecule is CN(C1CCN(c2nc3ccc(Cl)cc3s2)CC1)S(C)(=O)=O. The van der Waals surface area contributed by atoms with Crippen molar-refractivity contribution in [2.45, 2.75) is 18.9 Å². The van der Waals surface area contributed by atoms with E-state index in [1.807, 2.05) is 18.2 Å². The average Bonchev–Trinajstić information content (AvgIpc) is 2.88. The van der Waals surface area contributed by atoms with Gasteiger partial charge in [0.2, 0.25) is 10.0 Å². The van der Waals surface area contributed by atoms with Crippen molar-refractivity contribution in [2.24, 2.45) is 0 Å². The molecule has 0 N–H and O–H groups in total. The number of fused-ring (bicyclic) bond motifs is 1. The predicted octanol–water partition coefficient (Wildman–Crippen LogP) is 2.81. The highest BCUT2D eigenvalue weighted by molar-refractivity contribution is 7.88. The van der Waals surface area contributed by atoms with Crippen LogP contribution in [0.25, 0.3) is 10.2 Å². The summed E-state index contributed by atoms with van der Waals surface area (Å²) in [6.07, 6.45) is 2.90. The van der Waals surface area contributed by atoms with Crippen molar-refractivity contribution >= 4 is 48.3 Å². The molecule has 2 aromatic rings. The summed E-state index contributed by atoms with van der Waals surface area (Å²) in [6.45, 7) is 1.64.